The smallest absolute Gasteiger partial charge is 0.269 e. The van der Waals surface area contributed by atoms with Crippen LogP contribution in [0.25, 0.3) is 0 Å². The minimum atomic E-state index is -0.398. The van der Waals surface area contributed by atoms with Crippen molar-refractivity contribution in [3.05, 3.63) is 39.9 Å². The van der Waals surface area contributed by atoms with Gasteiger partial charge in [-0.15, -0.1) is 12.3 Å². The lowest BCUT2D eigenvalue weighted by Crippen LogP contribution is -2.14. The van der Waals surface area contributed by atoms with E-state index in [-0.39, 0.29) is 5.69 Å². The highest BCUT2D eigenvalue weighted by molar-refractivity contribution is 5.34. The Hall–Kier alpha value is -1.86. The zero-order chi connectivity index (χ0) is 11.1. The fraction of sp³-hybridized carbons (Fsp3) is 0.273. The minimum absolute atomic E-state index is 0.117. The third kappa shape index (κ3) is 3.79. The maximum absolute atomic E-state index is 10.5. The predicted octanol–water partition coefficient (Wildman–Crippen LogP) is 1.71. The molecule has 0 aliphatic carbocycles. The highest BCUT2D eigenvalue weighted by Gasteiger charge is 2.04. The van der Waals surface area contributed by atoms with Crippen LogP contribution in [0.4, 0.5) is 5.69 Å². The highest BCUT2D eigenvalue weighted by Crippen LogP contribution is 2.12. The summed E-state index contributed by atoms with van der Waals surface area (Å²) in [6, 6.07) is 6.56. The second-order valence-electron chi connectivity index (χ2n) is 3.06. The number of hydrogen-bond donors (Lipinski definition) is 1. The van der Waals surface area contributed by atoms with Crippen molar-refractivity contribution in [2.75, 3.05) is 6.54 Å². The third-order valence-corrected chi connectivity index (χ3v) is 1.90. The summed E-state index contributed by atoms with van der Waals surface area (Å²) >= 11 is 0. The lowest BCUT2D eigenvalue weighted by atomic mass is 10.2. The molecule has 0 unspecified atom stereocenters. The molecule has 0 aromatic heterocycles. The van der Waals surface area contributed by atoms with Crippen molar-refractivity contribution >= 4 is 5.69 Å². The van der Waals surface area contributed by atoms with Crippen molar-refractivity contribution in [2.24, 2.45) is 0 Å². The number of nitrogens with one attached hydrogen (secondary N) is 1. The molecule has 0 saturated carbocycles. The predicted molar refractivity (Wildman–Crippen MR) is 58.3 cm³/mol. The highest BCUT2D eigenvalue weighted by atomic mass is 16.6. The standard InChI is InChI=1S/C11H12N2O2/c1-2-3-7-12-9-10-5-4-6-11(8-10)13(14)15/h1,4-6,8,12H,3,7,9H2. The van der Waals surface area contributed by atoms with Gasteiger partial charge in [-0.25, -0.2) is 0 Å². The topological polar surface area (TPSA) is 55.2 Å². The molecule has 1 rings (SSSR count). The van der Waals surface area contributed by atoms with Crippen molar-refractivity contribution in [3.8, 4) is 12.3 Å². The molecule has 0 bridgehead atoms. The molecular weight excluding hydrogens is 192 g/mol. The van der Waals surface area contributed by atoms with E-state index in [0.717, 1.165) is 12.1 Å². The molecule has 1 aromatic rings. The van der Waals surface area contributed by atoms with E-state index in [1.54, 1.807) is 12.1 Å². The Morgan fingerprint density at radius 1 is 1.53 bits per heavy atom. The van der Waals surface area contributed by atoms with Crippen molar-refractivity contribution in [2.45, 2.75) is 13.0 Å². The molecule has 0 amide bonds. The van der Waals surface area contributed by atoms with Gasteiger partial charge >= 0.3 is 0 Å². The van der Waals surface area contributed by atoms with Crippen molar-refractivity contribution in [3.63, 3.8) is 0 Å². The van der Waals surface area contributed by atoms with Gasteiger partial charge in [0, 0.05) is 31.6 Å². The zero-order valence-electron chi connectivity index (χ0n) is 8.27. The Bertz CT molecular complexity index is 382. The second-order valence-corrected chi connectivity index (χ2v) is 3.06. The molecule has 0 atom stereocenters. The number of terminal acetylenes is 1. The summed E-state index contributed by atoms with van der Waals surface area (Å²) in [7, 11) is 0. The van der Waals surface area contributed by atoms with Crippen LogP contribution in [0, 0.1) is 22.5 Å². The number of non-ortho nitro benzene ring substituents is 1. The summed E-state index contributed by atoms with van der Waals surface area (Å²) in [5.74, 6) is 2.51. The van der Waals surface area contributed by atoms with Crippen LogP contribution in [0.5, 0.6) is 0 Å². The average molecular weight is 204 g/mol. The minimum Gasteiger partial charge on any atom is -0.312 e. The molecule has 1 aromatic carbocycles. The first-order valence-corrected chi connectivity index (χ1v) is 4.61. The maximum atomic E-state index is 10.5. The summed E-state index contributed by atoms with van der Waals surface area (Å²) in [4.78, 5) is 10.1. The molecule has 1 N–H and O–H groups in total. The number of hydrogen-bond acceptors (Lipinski definition) is 3. The summed E-state index contributed by atoms with van der Waals surface area (Å²) in [6.45, 7) is 1.32. The van der Waals surface area contributed by atoms with Crippen LogP contribution in [0.3, 0.4) is 0 Å². The normalized spacial score (nSPS) is 9.53. The van der Waals surface area contributed by atoms with E-state index in [0.29, 0.717) is 13.0 Å². The summed E-state index contributed by atoms with van der Waals surface area (Å²) in [5.41, 5.74) is 1.01. The quantitative estimate of drug-likeness (QED) is 0.344. The van der Waals surface area contributed by atoms with Gasteiger partial charge in [-0.3, -0.25) is 10.1 Å². The Kier molecular flexibility index (Phi) is 4.32. The molecule has 4 heteroatoms. The lowest BCUT2D eigenvalue weighted by Gasteiger charge is -2.02. The van der Waals surface area contributed by atoms with Gasteiger partial charge in [-0.05, 0) is 5.56 Å². The molecular formula is C11H12N2O2. The van der Waals surface area contributed by atoms with Crippen LogP contribution >= 0.6 is 0 Å². The van der Waals surface area contributed by atoms with Gasteiger partial charge in [0.05, 0.1) is 4.92 Å². The molecule has 4 nitrogen and oxygen atoms in total. The molecule has 0 heterocycles. The first-order valence-electron chi connectivity index (χ1n) is 4.61. The van der Waals surface area contributed by atoms with E-state index in [2.05, 4.69) is 11.2 Å². The summed E-state index contributed by atoms with van der Waals surface area (Å²) < 4.78 is 0. The van der Waals surface area contributed by atoms with Crippen molar-refractivity contribution in [1.29, 1.82) is 0 Å². The van der Waals surface area contributed by atoms with Gasteiger partial charge in [-0.1, -0.05) is 12.1 Å². The first kappa shape index (κ1) is 11.2. The number of nitro groups is 1. The van der Waals surface area contributed by atoms with Crippen LogP contribution in [-0.2, 0) is 6.54 Å². The molecule has 0 fully saturated rings. The Morgan fingerprint density at radius 2 is 2.33 bits per heavy atom. The van der Waals surface area contributed by atoms with Gasteiger partial charge in [0.2, 0.25) is 0 Å². The van der Waals surface area contributed by atoms with E-state index < -0.39 is 4.92 Å². The Morgan fingerprint density at radius 3 is 3.00 bits per heavy atom. The molecule has 0 radical (unpaired) electrons. The second kappa shape index (κ2) is 5.78. The SMILES string of the molecule is C#CCCNCc1cccc([N+](=O)[O-])c1. The van der Waals surface area contributed by atoms with E-state index in [9.17, 15) is 10.1 Å². The Balaban J connectivity index is 2.51. The van der Waals surface area contributed by atoms with Crippen LogP contribution in [-0.4, -0.2) is 11.5 Å². The molecule has 78 valence electrons. The van der Waals surface area contributed by atoms with Crippen LogP contribution in [0.1, 0.15) is 12.0 Å². The van der Waals surface area contributed by atoms with Crippen molar-refractivity contribution < 1.29 is 4.92 Å². The summed E-state index contributed by atoms with van der Waals surface area (Å²) in [6.07, 6.45) is 5.75. The number of nitro benzene ring substituents is 1. The summed E-state index contributed by atoms with van der Waals surface area (Å²) in [5, 5.41) is 13.6. The fourth-order valence-corrected chi connectivity index (χ4v) is 1.17. The Labute approximate surface area is 88.5 Å². The maximum Gasteiger partial charge on any atom is 0.269 e. The average Bonchev–Trinajstić information content (AvgIpc) is 2.25. The van der Waals surface area contributed by atoms with Gasteiger partial charge in [0.1, 0.15) is 0 Å². The van der Waals surface area contributed by atoms with Crippen LogP contribution < -0.4 is 5.32 Å². The van der Waals surface area contributed by atoms with E-state index in [4.69, 9.17) is 6.42 Å². The monoisotopic (exact) mass is 204 g/mol. The fourth-order valence-electron chi connectivity index (χ4n) is 1.17. The lowest BCUT2D eigenvalue weighted by molar-refractivity contribution is -0.384. The molecule has 0 spiro atoms. The molecule has 15 heavy (non-hydrogen) atoms. The van der Waals surface area contributed by atoms with Gasteiger partial charge in [0.25, 0.3) is 5.69 Å². The number of nitrogens with zero attached hydrogens (tertiary/aromatic N) is 1. The molecule has 0 saturated heterocycles. The first-order chi connectivity index (χ1) is 7.24. The van der Waals surface area contributed by atoms with Gasteiger partial charge in [0.15, 0.2) is 0 Å². The van der Waals surface area contributed by atoms with E-state index >= 15 is 0 Å². The third-order valence-electron chi connectivity index (χ3n) is 1.90. The van der Waals surface area contributed by atoms with Gasteiger partial charge < -0.3 is 5.32 Å². The van der Waals surface area contributed by atoms with Crippen molar-refractivity contribution in [1.82, 2.24) is 5.32 Å². The number of rotatable bonds is 5. The van der Waals surface area contributed by atoms with Crippen LogP contribution in [0.15, 0.2) is 24.3 Å². The van der Waals surface area contributed by atoms with Crippen LogP contribution in [0.2, 0.25) is 0 Å². The zero-order valence-corrected chi connectivity index (χ0v) is 8.27. The van der Waals surface area contributed by atoms with E-state index in [1.165, 1.54) is 6.07 Å². The van der Waals surface area contributed by atoms with Gasteiger partial charge in [-0.2, -0.15) is 0 Å². The largest absolute Gasteiger partial charge is 0.312 e. The number of benzene rings is 1. The molecule has 0 aliphatic rings. The van der Waals surface area contributed by atoms with E-state index in [1.807, 2.05) is 6.07 Å². The molecule has 0 aliphatic heterocycles.